The summed E-state index contributed by atoms with van der Waals surface area (Å²) in [4.78, 5) is 0. The van der Waals surface area contributed by atoms with E-state index in [1.807, 2.05) is 0 Å². The fraction of sp³-hybridized carbons (Fsp3) is 0. The minimum absolute atomic E-state index is 0. The van der Waals surface area contributed by atoms with Crippen LogP contribution in [0.3, 0.4) is 0 Å². The number of hydrogen-bond acceptors (Lipinski definition) is 0. The molecule has 0 unspecified atom stereocenters. The van der Waals surface area contributed by atoms with Crippen LogP contribution in [0.25, 0.3) is 0 Å². The maximum atomic E-state index is 0. The van der Waals surface area contributed by atoms with Gasteiger partial charge in [-0.25, -0.2) is 0 Å². The Kier molecular flexibility index (Phi) is 211. The quantitative estimate of drug-likeness (QED) is 0.293. The Hall–Kier alpha value is 3.37. The maximum Gasteiger partial charge on any atom is 2.00 e. The molecule has 0 saturated heterocycles. The molecule has 0 spiro atoms. The van der Waals surface area contributed by atoms with Crippen LogP contribution < -0.4 is 18.9 Å². The van der Waals surface area contributed by atoms with E-state index < -0.39 is 0 Å². The van der Waals surface area contributed by atoms with Crippen LogP contribution in [0.2, 0.25) is 0 Å². The standard InChI is InChI=1S/Al.Ca.Li.Mg.H4Si.8H/h;;;;1H4;;;;;;;;/q;+2;+1;+2;;;;;5*-1. The molecule has 0 atom stereocenters. The van der Waals surface area contributed by atoms with Crippen molar-refractivity contribution in [2.24, 2.45) is 0 Å². The minimum Gasteiger partial charge on any atom is -1.00 e. The van der Waals surface area contributed by atoms with Gasteiger partial charge in [0.05, 0.1) is 0 Å². The molecule has 0 nitrogen and oxygen atoms in total. The fourth-order valence-electron chi connectivity index (χ4n) is 0. The molecule has 0 rings (SSSR count). The zero-order valence-corrected chi connectivity index (χ0v) is 6.04. The minimum atomic E-state index is 0. The van der Waals surface area contributed by atoms with Crippen LogP contribution in [0.15, 0.2) is 0 Å². The molecule has 0 amide bonds. The summed E-state index contributed by atoms with van der Waals surface area (Å²) in [6, 6.07) is 0. The summed E-state index contributed by atoms with van der Waals surface area (Å²) in [5.41, 5.74) is 0. The van der Waals surface area contributed by atoms with Crippen LogP contribution in [0.4, 0.5) is 0 Å². The van der Waals surface area contributed by atoms with E-state index in [1.54, 1.807) is 0 Å². The average Bonchev–Trinajstić information content (AvgIpc) is 0. The second-order valence-corrected chi connectivity index (χ2v) is 0. The number of rotatable bonds is 0. The van der Waals surface area contributed by atoms with Crippen LogP contribution in [0, 0.1) is 0 Å². The first kappa shape index (κ1) is 40.0. The first-order valence-corrected chi connectivity index (χ1v) is 0. The topological polar surface area (TPSA) is 0 Å². The van der Waals surface area contributed by atoms with Crippen LogP contribution in [-0.4, -0.2) is 89.1 Å². The molecule has 0 fully saturated rings. The van der Waals surface area contributed by atoms with Gasteiger partial charge in [0.2, 0.25) is 0 Å². The molecule has 0 heterocycles. The molecule has 0 aliphatic heterocycles. The van der Waals surface area contributed by atoms with Crippen LogP contribution in [0.5, 0.6) is 0 Å². The Bertz CT molecular complexity index is 21.6. The molecule has 0 aromatic rings. The summed E-state index contributed by atoms with van der Waals surface area (Å²) in [6.07, 6.45) is 0. The number of hydrogen-bond donors (Lipinski definition) is 0. The van der Waals surface area contributed by atoms with E-state index in [2.05, 4.69) is 0 Å². The summed E-state index contributed by atoms with van der Waals surface area (Å²) < 4.78 is 0. The third kappa shape index (κ3) is 18.7. The molecule has 0 aliphatic rings. The van der Waals surface area contributed by atoms with Gasteiger partial charge >= 0.3 is 79.7 Å². The van der Waals surface area contributed by atoms with E-state index >= 15 is 0 Å². The SMILES string of the molecule is [AlH3].[Ca+2].[H-].[H-].[H-].[H-].[H-].[Li+].[Mg+2].[SiH4]. The first-order valence-electron chi connectivity index (χ1n) is 0. The average molecular weight is 138 g/mol. The largest absolute Gasteiger partial charge is 2.00 e. The zero-order valence-electron chi connectivity index (χ0n) is 7.41. The molecule has 24 valence electrons. The van der Waals surface area contributed by atoms with Gasteiger partial charge in [0.15, 0.2) is 17.4 Å². The summed E-state index contributed by atoms with van der Waals surface area (Å²) in [7, 11) is 0. The molecule has 0 N–H and O–H groups in total. The molecular formula is H12AlCaLiMgSi. The van der Waals surface area contributed by atoms with Gasteiger partial charge in [0.25, 0.3) is 0 Å². The van der Waals surface area contributed by atoms with Crippen molar-refractivity contribution in [3.8, 4) is 0 Å². The van der Waals surface area contributed by atoms with Gasteiger partial charge in [0, 0.05) is 0 Å². The van der Waals surface area contributed by atoms with E-state index in [0.29, 0.717) is 0 Å². The third-order valence-corrected chi connectivity index (χ3v) is 0. The van der Waals surface area contributed by atoms with Crippen LogP contribution in [-0.2, 0) is 0 Å². The van der Waals surface area contributed by atoms with Crippen molar-refractivity contribution < 1.29 is 26.0 Å². The molecule has 0 aromatic carbocycles. The maximum absolute atomic E-state index is 0. The van der Waals surface area contributed by atoms with Crippen molar-refractivity contribution >= 4 is 89.1 Å². The van der Waals surface area contributed by atoms with Gasteiger partial charge in [0.1, 0.15) is 0 Å². The Balaban J connectivity index is 0. The van der Waals surface area contributed by atoms with Gasteiger partial charge in [-0.15, -0.1) is 0 Å². The Morgan fingerprint density at radius 3 is 1.20 bits per heavy atom. The molecular weight excluding hydrogens is 126 g/mol. The molecule has 0 bridgehead atoms. The van der Waals surface area contributed by atoms with Crippen molar-refractivity contribution in [2.45, 2.75) is 0 Å². The van der Waals surface area contributed by atoms with Gasteiger partial charge < -0.3 is 7.13 Å². The summed E-state index contributed by atoms with van der Waals surface area (Å²) >= 11 is 0. The van der Waals surface area contributed by atoms with E-state index in [9.17, 15) is 0 Å². The summed E-state index contributed by atoms with van der Waals surface area (Å²) in [5.74, 6) is 0. The zero-order chi connectivity index (χ0) is 0. The monoisotopic (exact) mass is 138 g/mol. The second kappa shape index (κ2) is 26.3. The predicted molar refractivity (Wildman–Crippen MR) is 38.3 cm³/mol. The summed E-state index contributed by atoms with van der Waals surface area (Å²) in [6.45, 7) is 0. The van der Waals surface area contributed by atoms with Crippen molar-refractivity contribution in [1.29, 1.82) is 0 Å². The molecule has 0 aliphatic carbocycles. The Morgan fingerprint density at radius 1 is 1.20 bits per heavy atom. The normalized spacial score (nSPS) is 0. The summed E-state index contributed by atoms with van der Waals surface area (Å²) in [5, 5.41) is 0. The van der Waals surface area contributed by atoms with E-state index in [-0.39, 0.29) is 115 Å². The van der Waals surface area contributed by atoms with Gasteiger partial charge in [-0.3, -0.25) is 0 Å². The van der Waals surface area contributed by atoms with Gasteiger partial charge in [-0.05, 0) is 11.0 Å². The smallest absolute Gasteiger partial charge is 1.00 e. The van der Waals surface area contributed by atoms with Crippen molar-refractivity contribution in [3.63, 3.8) is 0 Å². The molecule has 5 heavy (non-hydrogen) atoms. The van der Waals surface area contributed by atoms with Crippen LogP contribution >= 0.6 is 0 Å². The van der Waals surface area contributed by atoms with Gasteiger partial charge in [-0.1, -0.05) is 0 Å². The second-order valence-electron chi connectivity index (χ2n) is 0. The Labute approximate surface area is 113 Å². The first-order chi connectivity index (χ1) is 0. The predicted octanol–water partition coefficient (Wildman–Crippen LogP) is -5.83. The van der Waals surface area contributed by atoms with Crippen molar-refractivity contribution in [2.75, 3.05) is 0 Å². The molecule has 0 radical (unpaired) electrons. The van der Waals surface area contributed by atoms with E-state index in [0.717, 1.165) is 0 Å². The third-order valence-electron chi connectivity index (χ3n) is 0. The molecule has 5 heteroatoms. The van der Waals surface area contributed by atoms with Gasteiger partial charge in [-0.2, -0.15) is 0 Å². The van der Waals surface area contributed by atoms with E-state index in [4.69, 9.17) is 0 Å². The molecule has 0 aromatic heterocycles. The van der Waals surface area contributed by atoms with E-state index in [1.165, 1.54) is 0 Å². The van der Waals surface area contributed by atoms with Crippen molar-refractivity contribution in [1.82, 2.24) is 0 Å². The van der Waals surface area contributed by atoms with Crippen molar-refractivity contribution in [3.05, 3.63) is 0 Å². The molecule has 0 saturated carbocycles. The fourth-order valence-corrected chi connectivity index (χ4v) is 0. The van der Waals surface area contributed by atoms with Crippen LogP contribution in [0.1, 0.15) is 7.13 Å². The Morgan fingerprint density at radius 2 is 1.20 bits per heavy atom.